The van der Waals surface area contributed by atoms with E-state index in [0.29, 0.717) is 0 Å². The smallest absolute Gasteiger partial charge is 0.116 e. The molecule has 0 bridgehead atoms. The highest BCUT2D eigenvalue weighted by atomic mass is 14.9. The molecule has 1 aliphatic carbocycles. The molecule has 11 rings (SSSR count). The number of nitrogens with zero attached hydrogens (tertiary/aromatic N) is 2. The summed E-state index contributed by atoms with van der Waals surface area (Å²) in [4.78, 5) is 9.76. The van der Waals surface area contributed by atoms with Crippen molar-refractivity contribution < 1.29 is 0 Å². The van der Waals surface area contributed by atoms with Crippen molar-refractivity contribution in [2.24, 2.45) is 0 Å². The summed E-state index contributed by atoms with van der Waals surface area (Å²) in [5.74, 6) is 0. The minimum Gasteiger partial charge on any atom is -0.236 e. The van der Waals surface area contributed by atoms with Gasteiger partial charge in [-0.2, -0.15) is 0 Å². The molecule has 0 saturated carbocycles. The highest BCUT2D eigenvalue weighted by Crippen LogP contribution is 2.50. The second-order valence-electron chi connectivity index (χ2n) is 13.3. The van der Waals surface area contributed by atoms with Crippen molar-refractivity contribution in [2.45, 2.75) is 0 Å². The van der Waals surface area contributed by atoms with Gasteiger partial charge in [0.25, 0.3) is 0 Å². The average Bonchev–Trinajstić information content (AvgIpc) is 3.52. The molecule has 0 N–H and O–H groups in total. The Kier molecular flexibility index (Phi) is 5.70. The van der Waals surface area contributed by atoms with Crippen LogP contribution in [0.25, 0.3) is 110 Å². The van der Waals surface area contributed by atoms with Gasteiger partial charge in [0.15, 0.2) is 0 Å². The third kappa shape index (κ3) is 3.85. The Hall–Kier alpha value is -6.64. The zero-order valence-corrected chi connectivity index (χ0v) is 27.1. The average molecular weight is 633 g/mol. The van der Waals surface area contributed by atoms with E-state index in [-0.39, 0.29) is 0 Å². The van der Waals surface area contributed by atoms with Gasteiger partial charge in [0, 0.05) is 16.7 Å². The first kappa shape index (κ1) is 27.3. The monoisotopic (exact) mass is 632 g/mol. The lowest BCUT2D eigenvalue weighted by Crippen LogP contribution is -1.94. The van der Waals surface area contributed by atoms with Crippen LogP contribution in [-0.4, -0.2) is 9.97 Å². The van der Waals surface area contributed by atoms with E-state index >= 15 is 0 Å². The minimum absolute atomic E-state index is 0.967. The van der Waals surface area contributed by atoms with Crippen LogP contribution in [0.3, 0.4) is 0 Å². The number of aromatic nitrogens is 2. The van der Waals surface area contributed by atoms with Gasteiger partial charge >= 0.3 is 0 Å². The summed E-state index contributed by atoms with van der Waals surface area (Å²) in [6, 6.07) is 59.8. The quantitative estimate of drug-likeness (QED) is 0.180. The summed E-state index contributed by atoms with van der Waals surface area (Å²) >= 11 is 0. The van der Waals surface area contributed by atoms with E-state index < -0.39 is 0 Å². The highest BCUT2D eigenvalue weighted by Gasteiger charge is 2.26. The molecular weight excluding hydrogens is 605 g/mol. The van der Waals surface area contributed by atoms with Gasteiger partial charge in [-0.25, -0.2) is 9.97 Å². The first-order valence-electron chi connectivity index (χ1n) is 17.2. The molecule has 230 valence electrons. The second-order valence-corrected chi connectivity index (χ2v) is 13.3. The van der Waals surface area contributed by atoms with E-state index in [1.54, 1.807) is 6.33 Å². The van der Waals surface area contributed by atoms with Crippen LogP contribution in [0.5, 0.6) is 0 Å². The Balaban J connectivity index is 1.18. The standard InChI is InChI=1S/C48H28N2/c1-3-10-29(11-4-1)35-22-20-32-21-23-37-41(30-12-5-2-6-13-30)27-42(38-25-24-36(35)44(32)45(37)38)33-16-7-17-34(26-33)47-46-39-18-8-14-31-15-9-19-40(43(31)39)48(46)50-28-49-47/h1-28H. The molecule has 1 aliphatic rings. The van der Waals surface area contributed by atoms with Gasteiger partial charge in [-0.05, 0) is 94.2 Å². The molecule has 0 atom stereocenters. The lowest BCUT2D eigenvalue weighted by molar-refractivity contribution is 1.19. The lowest BCUT2D eigenvalue weighted by Gasteiger charge is -2.20. The fourth-order valence-corrected chi connectivity index (χ4v) is 8.51. The van der Waals surface area contributed by atoms with Gasteiger partial charge in [0.05, 0.1) is 11.4 Å². The summed E-state index contributed by atoms with van der Waals surface area (Å²) in [6.45, 7) is 0. The molecule has 0 spiro atoms. The van der Waals surface area contributed by atoms with Crippen LogP contribution in [0.2, 0.25) is 0 Å². The number of fused-ring (bicyclic) bond motifs is 3. The largest absolute Gasteiger partial charge is 0.236 e. The molecule has 50 heavy (non-hydrogen) atoms. The third-order valence-corrected chi connectivity index (χ3v) is 10.7. The third-order valence-electron chi connectivity index (χ3n) is 10.7. The molecule has 0 amide bonds. The minimum atomic E-state index is 0.967. The van der Waals surface area contributed by atoms with Crippen LogP contribution in [0.1, 0.15) is 0 Å². The van der Waals surface area contributed by atoms with Crippen molar-refractivity contribution in [3.8, 4) is 67.0 Å². The maximum atomic E-state index is 4.95. The molecule has 2 heteroatoms. The van der Waals surface area contributed by atoms with Crippen LogP contribution >= 0.6 is 0 Å². The summed E-state index contributed by atoms with van der Waals surface area (Å²) in [5.41, 5.74) is 13.9. The molecule has 2 nitrogen and oxygen atoms in total. The maximum absolute atomic E-state index is 4.95. The summed E-state index contributed by atoms with van der Waals surface area (Å²) in [7, 11) is 0. The van der Waals surface area contributed by atoms with Gasteiger partial charge in [-0.15, -0.1) is 0 Å². The van der Waals surface area contributed by atoms with Crippen LogP contribution < -0.4 is 0 Å². The number of benzene rings is 9. The van der Waals surface area contributed by atoms with Crippen molar-refractivity contribution >= 4 is 43.1 Å². The zero-order valence-electron chi connectivity index (χ0n) is 27.1. The fraction of sp³-hybridized carbons (Fsp3) is 0. The predicted molar refractivity (Wildman–Crippen MR) is 209 cm³/mol. The molecular formula is C48H28N2. The van der Waals surface area contributed by atoms with Crippen LogP contribution in [0.4, 0.5) is 0 Å². The molecule has 9 aromatic carbocycles. The van der Waals surface area contributed by atoms with E-state index in [1.165, 1.54) is 87.6 Å². The summed E-state index contributed by atoms with van der Waals surface area (Å²) in [5, 5.41) is 10.2. The van der Waals surface area contributed by atoms with Crippen molar-refractivity contribution in [3.63, 3.8) is 0 Å². The van der Waals surface area contributed by atoms with Crippen LogP contribution in [0, 0.1) is 0 Å². The van der Waals surface area contributed by atoms with E-state index in [2.05, 4.69) is 164 Å². The van der Waals surface area contributed by atoms with Crippen molar-refractivity contribution in [2.75, 3.05) is 0 Å². The van der Waals surface area contributed by atoms with Crippen molar-refractivity contribution in [1.82, 2.24) is 9.97 Å². The SMILES string of the molecule is c1ccc(-c2ccc3ccc4c(-c5ccccc5)cc(-c5cccc(-c6ncnc7c6-c6cccc8cccc-7c68)c5)c5ccc2c3c45)cc1. The zero-order chi connectivity index (χ0) is 32.8. The van der Waals surface area contributed by atoms with Crippen LogP contribution in [0.15, 0.2) is 170 Å². The first-order valence-corrected chi connectivity index (χ1v) is 17.2. The molecule has 0 radical (unpaired) electrons. The van der Waals surface area contributed by atoms with Gasteiger partial charge in [0.2, 0.25) is 0 Å². The lowest BCUT2D eigenvalue weighted by atomic mass is 9.84. The first-order chi connectivity index (χ1) is 24.8. The Bertz CT molecular complexity index is 2960. The van der Waals surface area contributed by atoms with E-state index in [0.717, 1.165) is 22.5 Å². The van der Waals surface area contributed by atoms with Gasteiger partial charge in [0.1, 0.15) is 6.33 Å². The van der Waals surface area contributed by atoms with Crippen LogP contribution in [-0.2, 0) is 0 Å². The van der Waals surface area contributed by atoms with Gasteiger partial charge in [-0.1, -0.05) is 152 Å². The predicted octanol–water partition coefficient (Wildman–Crippen LogP) is 12.8. The molecule has 10 aromatic rings. The summed E-state index contributed by atoms with van der Waals surface area (Å²) < 4.78 is 0. The molecule has 0 unspecified atom stereocenters. The molecule has 1 heterocycles. The number of rotatable bonds is 4. The molecule has 0 aliphatic heterocycles. The van der Waals surface area contributed by atoms with E-state index in [1.807, 2.05) is 0 Å². The van der Waals surface area contributed by atoms with Gasteiger partial charge < -0.3 is 0 Å². The molecule has 0 fully saturated rings. The Labute approximate surface area is 289 Å². The van der Waals surface area contributed by atoms with E-state index in [9.17, 15) is 0 Å². The molecule has 0 saturated heterocycles. The normalized spacial score (nSPS) is 12.0. The molecule has 1 aromatic heterocycles. The highest BCUT2D eigenvalue weighted by molar-refractivity contribution is 6.30. The number of hydrogen-bond acceptors (Lipinski definition) is 2. The Morgan fingerprint density at radius 3 is 1.64 bits per heavy atom. The second kappa shape index (κ2) is 10.4. The Morgan fingerprint density at radius 2 is 0.860 bits per heavy atom. The van der Waals surface area contributed by atoms with E-state index in [4.69, 9.17) is 9.97 Å². The van der Waals surface area contributed by atoms with Crippen molar-refractivity contribution in [3.05, 3.63) is 170 Å². The fourth-order valence-electron chi connectivity index (χ4n) is 8.51. The summed E-state index contributed by atoms with van der Waals surface area (Å²) in [6.07, 6.45) is 1.72. The van der Waals surface area contributed by atoms with Gasteiger partial charge in [-0.3, -0.25) is 0 Å². The van der Waals surface area contributed by atoms with Crippen molar-refractivity contribution in [1.29, 1.82) is 0 Å². The number of hydrogen-bond donors (Lipinski definition) is 0. The maximum Gasteiger partial charge on any atom is 0.116 e. The Morgan fingerprint density at radius 1 is 0.300 bits per heavy atom. The topological polar surface area (TPSA) is 25.8 Å².